The Hall–Kier alpha value is -2.04. The van der Waals surface area contributed by atoms with Gasteiger partial charge < -0.3 is 16.4 Å². The van der Waals surface area contributed by atoms with Crippen LogP contribution in [0, 0.1) is 0 Å². The summed E-state index contributed by atoms with van der Waals surface area (Å²) in [5.74, 6) is -0.182. The molecule has 1 aromatic rings. The van der Waals surface area contributed by atoms with E-state index >= 15 is 0 Å². The largest absolute Gasteiger partial charge is 0.370 e. The number of nitrogens with two attached hydrogens (primary N) is 2. The van der Waals surface area contributed by atoms with E-state index in [-0.39, 0.29) is 18.4 Å². The molecule has 0 radical (unpaired) electrons. The normalized spacial score (nSPS) is 9.56. The van der Waals surface area contributed by atoms with E-state index in [9.17, 15) is 4.79 Å². The van der Waals surface area contributed by atoms with Gasteiger partial charge >= 0.3 is 0 Å². The van der Waals surface area contributed by atoms with Crippen LogP contribution in [0.25, 0.3) is 0 Å². The number of nitrogens with zero attached hydrogens (tertiary/aromatic N) is 2. The van der Waals surface area contributed by atoms with E-state index in [1.165, 1.54) is 0 Å². The Kier molecular flexibility index (Phi) is 4.32. The van der Waals surface area contributed by atoms with Gasteiger partial charge in [-0.25, -0.2) is 4.99 Å². The molecule has 1 amide bonds. The molecule has 0 heterocycles. The Balaban J connectivity index is 2.49. The van der Waals surface area contributed by atoms with Crippen LogP contribution in [0.1, 0.15) is 5.56 Å². The molecule has 0 spiro atoms. The van der Waals surface area contributed by atoms with Gasteiger partial charge in [-0.05, 0) is 5.56 Å². The molecule has 0 aliphatic rings. The van der Waals surface area contributed by atoms with Crippen molar-refractivity contribution in [1.82, 2.24) is 4.90 Å². The van der Waals surface area contributed by atoms with Gasteiger partial charge in [0.1, 0.15) is 6.54 Å². The minimum atomic E-state index is -0.114. The van der Waals surface area contributed by atoms with Gasteiger partial charge in [-0.1, -0.05) is 30.3 Å². The fraction of sp³-hybridized carbons (Fsp3) is 0.273. The van der Waals surface area contributed by atoms with Crippen molar-refractivity contribution in [3.8, 4) is 0 Å². The van der Waals surface area contributed by atoms with E-state index < -0.39 is 0 Å². The predicted octanol–water partition coefficient (Wildman–Crippen LogP) is -0.0816. The summed E-state index contributed by atoms with van der Waals surface area (Å²) in [6.45, 7) is 0.547. The molecule has 0 saturated heterocycles. The first-order valence-electron chi connectivity index (χ1n) is 4.93. The van der Waals surface area contributed by atoms with Crippen LogP contribution >= 0.6 is 0 Å². The van der Waals surface area contributed by atoms with Gasteiger partial charge in [0.15, 0.2) is 5.96 Å². The van der Waals surface area contributed by atoms with Crippen LogP contribution in [0.3, 0.4) is 0 Å². The summed E-state index contributed by atoms with van der Waals surface area (Å²) in [5.41, 5.74) is 11.4. The third-order valence-electron chi connectivity index (χ3n) is 2.09. The van der Waals surface area contributed by atoms with Crippen molar-refractivity contribution >= 4 is 11.9 Å². The fourth-order valence-electron chi connectivity index (χ4n) is 1.23. The third-order valence-corrected chi connectivity index (χ3v) is 2.09. The van der Waals surface area contributed by atoms with Crippen molar-refractivity contribution < 1.29 is 4.79 Å². The number of amides is 1. The second-order valence-corrected chi connectivity index (χ2v) is 3.48. The molecule has 0 aromatic heterocycles. The van der Waals surface area contributed by atoms with Crippen LogP contribution in [-0.4, -0.2) is 30.4 Å². The number of likely N-dealkylation sites (N-methyl/N-ethyl adjacent to an activating group) is 1. The highest BCUT2D eigenvalue weighted by atomic mass is 16.2. The Labute approximate surface area is 94.8 Å². The maximum absolute atomic E-state index is 11.6. The van der Waals surface area contributed by atoms with Gasteiger partial charge in [0, 0.05) is 13.6 Å². The molecule has 0 aliphatic carbocycles. The first-order chi connectivity index (χ1) is 7.59. The number of hydrogen-bond donors (Lipinski definition) is 2. The molecule has 0 saturated carbocycles. The molecule has 16 heavy (non-hydrogen) atoms. The molecule has 5 nitrogen and oxygen atoms in total. The third kappa shape index (κ3) is 4.00. The lowest BCUT2D eigenvalue weighted by Gasteiger charge is -2.15. The van der Waals surface area contributed by atoms with Crippen molar-refractivity contribution in [3.63, 3.8) is 0 Å². The molecule has 86 valence electrons. The number of benzene rings is 1. The zero-order chi connectivity index (χ0) is 12.0. The van der Waals surface area contributed by atoms with Gasteiger partial charge in [-0.3, -0.25) is 4.79 Å². The Morgan fingerprint density at radius 1 is 1.31 bits per heavy atom. The van der Waals surface area contributed by atoms with Crippen LogP contribution in [-0.2, 0) is 11.3 Å². The SMILES string of the molecule is CN(Cc1ccccc1)C(=O)CN=C(N)N. The zero-order valence-electron chi connectivity index (χ0n) is 9.26. The van der Waals surface area contributed by atoms with Crippen LogP contribution < -0.4 is 11.5 Å². The zero-order valence-corrected chi connectivity index (χ0v) is 9.26. The first kappa shape index (κ1) is 12.0. The van der Waals surface area contributed by atoms with Gasteiger partial charge in [0.2, 0.25) is 5.91 Å². The molecular formula is C11H16N4O. The van der Waals surface area contributed by atoms with E-state index in [2.05, 4.69) is 4.99 Å². The summed E-state index contributed by atoms with van der Waals surface area (Å²) < 4.78 is 0. The van der Waals surface area contributed by atoms with Gasteiger partial charge in [0.05, 0.1) is 0 Å². The number of aliphatic imine (C=N–C) groups is 1. The van der Waals surface area contributed by atoms with Crippen LogP contribution in [0.5, 0.6) is 0 Å². The molecule has 0 unspecified atom stereocenters. The predicted molar refractivity (Wildman–Crippen MR) is 63.6 cm³/mol. The second kappa shape index (κ2) is 5.75. The van der Waals surface area contributed by atoms with Crippen molar-refractivity contribution in [2.45, 2.75) is 6.54 Å². The van der Waals surface area contributed by atoms with E-state index in [0.717, 1.165) is 5.56 Å². The number of carbonyl (C=O) groups is 1. The van der Waals surface area contributed by atoms with Crippen LogP contribution in [0.2, 0.25) is 0 Å². The summed E-state index contributed by atoms with van der Waals surface area (Å²) >= 11 is 0. The quantitative estimate of drug-likeness (QED) is 0.549. The lowest BCUT2D eigenvalue weighted by Crippen LogP contribution is -2.30. The van der Waals surface area contributed by atoms with Gasteiger partial charge in [-0.2, -0.15) is 0 Å². The summed E-state index contributed by atoms with van der Waals surface area (Å²) in [5, 5.41) is 0. The highest BCUT2D eigenvalue weighted by Gasteiger charge is 2.07. The van der Waals surface area contributed by atoms with Crippen molar-refractivity contribution in [1.29, 1.82) is 0 Å². The summed E-state index contributed by atoms with van der Waals surface area (Å²) in [6, 6.07) is 9.73. The first-order valence-corrected chi connectivity index (χ1v) is 4.93. The summed E-state index contributed by atoms with van der Waals surface area (Å²) in [6.07, 6.45) is 0. The summed E-state index contributed by atoms with van der Waals surface area (Å²) in [4.78, 5) is 16.8. The van der Waals surface area contributed by atoms with Gasteiger partial charge in [-0.15, -0.1) is 0 Å². The Morgan fingerprint density at radius 3 is 2.50 bits per heavy atom. The minimum Gasteiger partial charge on any atom is -0.370 e. The maximum atomic E-state index is 11.6. The molecule has 0 bridgehead atoms. The minimum absolute atomic E-state index is 0.00827. The maximum Gasteiger partial charge on any atom is 0.244 e. The standard InChI is InChI=1S/C11H16N4O/c1-15(10(16)7-14-11(12)13)8-9-5-3-2-4-6-9/h2-6H,7-8H2,1H3,(H4,12,13,14). The average Bonchev–Trinajstić information content (AvgIpc) is 2.27. The monoisotopic (exact) mass is 220 g/mol. The number of carbonyl (C=O) groups excluding carboxylic acids is 1. The Bertz CT molecular complexity index is 371. The number of guanidine groups is 1. The van der Waals surface area contributed by atoms with E-state index in [4.69, 9.17) is 11.5 Å². The lowest BCUT2D eigenvalue weighted by molar-refractivity contribution is -0.128. The topological polar surface area (TPSA) is 84.7 Å². The lowest BCUT2D eigenvalue weighted by atomic mass is 10.2. The average molecular weight is 220 g/mol. The smallest absolute Gasteiger partial charge is 0.244 e. The number of hydrogen-bond acceptors (Lipinski definition) is 2. The van der Waals surface area contributed by atoms with Gasteiger partial charge in [0.25, 0.3) is 0 Å². The number of rotatable bonds is 4. The Morgan fingerprint density at radius 2 is 1.94 bits per heavy atom. The second-order valence-electron chi connectivity index (χ2n) is 3.48. The van der Waals surface area contributed by atoms with Crippen LogP contribution in [0.15, 0.2) is 35.3 Å². The molecule has 1 rings (SSSR count). The molecule has 0 aliphatic heterocycles. The molecule has 5 heteroatoms. The molecule has 0 fully saturated rings. The fourth-order valence-corrected chi connectivity index (χ4v) is 1.23. The van der Waals surface area contributed by atoms with E-state index in [1.54, 1.807) is 11.9 Å². The van der Waals surface area contributed by atoms with Crippen LogP contribution in [0.4, 0.5) is 0 Å². The molecular weight excluding hydrogens is 204 g/mol. The molecule has 1 aromatic carbocycles. The molecule has 4 N–H and O–H groups in total. The van der Waals surface area contributed by atoms with Crippen molar-refractivity contribution in [2.75, 3.05) is 13.6 Å². The van der Waals surface area contributed by atoms with Crippen molar-refractivity contribution in [2.24, 2.45) is 16.5 Å². The summed E-state index contributed by atoms with van der Waals surface area (Å²) in [7, 11) is 1.72. The van der Waals surface area contributed by atoms with Crippen molar-refractivity contribution in [3.05, 3.63) is 35.9 Å². The van der Waals surface area contributed by atoms with E-state index in [0.29, 0.717) is 6.54 Å². The highest BCUT2D eigenvalue weighted by Crippen LogP contribution is 2.02. The van der Waals surface area contributed by atoms with E-state index in [1.807, 2.05) is 30.3 Å². The molecule has 0 atom stereocenters. The highest BCUT2D eigenvalue weighted by molar-refractivity contribution is 5.82.